The van der Waals surface area contributed by atoms with E-state index >= 15 is 0 Å². The molecule has 0 radical (unpaired) electrons. The number of aromatic nitrogens is 1. The summed E-state index contributed by atoms with van der Waals surface area (Å²) in [4.78, 5) is 40.6. The summed E-state index contributed by atoms with van der Waals surface area (Å²) in [5.74, 6) is -2.04. The van der Waals surface area contributed by atoms with Gasteiger partial charge in [0, 0.05) is 6.20 Å². The van der Waals surface area contributed by atoms with E-state index in [2.05, 4.69) is 15.6 Å². The van der Waals surface area contributed by atoms with Gasteiger partial charge in [0.1, 0.15) is 6.04 Å². The standard InChI is InChI=1S/C18H20ClN3O5/c1-10(2)14(22-17(24)13-7-5-9-26-13)18(25)27-11(3)16(23)21-12-6-4-8-20-15(12)19/h4-11,14H,1-3H3,(H,21,23)(H,22,24)/t11-,14-/m0/s1. The Labute approximate surface area is 161 Å². The van der Waals surface area contributed by atoms with Crippen molar-refractivity contribution >= 4 is 35.1 Å². The lowest BCUT2D eigenvalue weighted by Crippen LogP contribution is -2.47. The molecule has 8 nitrogen and oxygen atoms in total. The molecule has 0 aromatic carbocycles. The van der Waals surface area contributed by atoms with Gasteiger partial charge >= 0.3 is 5.97 Å². The smallest absolute Gasteiger partial charge is 0.329 e. The average molecular weight is 394 g/mol. The summed E-state index contributed by atoms with van der Waals surface area (Å²) in [6, 6.07) is 5.28. The van der Waals surface area contributed by atoms with Crippen LogP contribution in [0.15, 0.2) is 41.1 Å². The lowest BCUT2D eigenvalue weighted by Gasteiger charge is -2.22. The van der Waals surface area contributed by atoms with Crippen LogP contribution < -0.4 is 10.6 Å². The van der Waals surface area contributed by atoms with Crippen LogP contribution >= 0.6 is 11.6 Å². The van der Waals surface area contributed by atoms with Crippen molar-refractivity contribution in [3.63, 3.8) is 0 Å². The number of ether oxygens (including phenoxy) is 1. The molecule has 0 unspecified atom stereocenters. The molecule has 144 valence electrons. The van der Waals surface area contributed by atoms with Crippen LogP contribution in [0.25, 0.3) is 0 Å². The summed E-state index contributed by atoms with van der Waals surface area (Å²) >= 11 is 5.89. The third kappa shape index (κ3) is 5.55. The van der Waals surface area contributed by atoms with Gasteiger partial charge < -0.3 is 19.8 Å². The molecule has 0 saturated carbocycles. The van der Waals surface area contributed by atoms with Gasteiger partial charge in [-0.3, -0.25) is 9.59 Å². The van der Waals surface area contributed by atoms with Crippen molar-refractivity contribution in [3.05, 3.63) is 47.6 Å². The molecular formula is C18H20ClN3O5. The molecule has 0 saturated heterocycles. The minimum absolute atomic E-state index is 0.0745. The fourth-order valence-corrected chi connectivity index (χ4v) is 2.30. The zero-order valence-corrected chi connectivity index (χ0v) is 15.8. The Morgan fingerprint density at radius 1 is 1.19 bits per heavy atom. The van der Waals surface area contributed by atoms with Gasteiger partial charge in [-0.1, -0.05) is 25.4 Å². The molecular weight excluding hydrogens is 374 g/mol. The van der Waals surface area contributed by atoms with E-state index < -0.39 is 29.9 Å². The first kappa shape index (κ1) is 20.4. The highest BCUT2D eigenvalue weighted by Crippen LogP contribution is 2.18. The Morgan fingerprint density at radius 2 is 1.93 bits per heavy atom. The third-order valence-electron chi connectivity index (χ3n) is 3.63. The topological polar surface area (TPSA) is 111 Å². The van der Waals surface area contributed by atoms with Gasteiger partial charge in [-0.2, -0.15) is 0 Å². The number of hydrogen-bond acceptors (Lipinski definition) is 6. The maximum atomic E-state index is 12.4. The first-order chi connectivity index (χ1) is 12.8. The second-order valence-electron chi connectivity index (χ2n) is 6.08. The molecule has 2 amide bonds. The zero-order valence-electron chi connectivity index (χ0n) is 15.1. The summed E-state index contributed by atoms with van der Waals surface area (Å²) in [7, 11) is 0. The number of anilines is 1. The number of nitrogens with zero attached hydrogens (tertiary/aromatic N) is 1. The van der Waals surface area contributed by atoms with Gasteiger partial charge in [-0.15, -0.1) is 0 Å². The Kier molecular flexibility index (Phi) is 6.95. The van der Waals surface area contributed by atoms with Crippen LogP contribution in [0, 0.1) is 5.92 Å². The van der Waals surface area contributed by atoms with Gasteiger partial charge in [-0.25, -0.2) is 9.78 Å². The third-order valence-corrected chi connectivity index (χ3v) is 3.93. The summed E-state index contributed by atoms with van der Waals surface area (Å²) in [5, 5.41) is 5.21. The molecule has 0 aliphatic carbocycles. The molecule has 2 rings (SSSR count). The SMILES string of the molecule is CC(C)[C@H](NC(=O)c1ccco1)C(=O)O[C@@H](C)C(=O)Nc1cccnc1Cl. The first-order valence-corrected chi connectivity index (χ1v) is 8.63. The molecule has 0 fully saturated rings. The van der Waals surface area contributed by atoms with Crippen molar-refractivity contribution in [2.24, 2.45) is 5.92 Å². The molecule has 2 N–H and O–H groups in total. The number of nitrogens with one attached hydrogen (secondary N) is 2. The molecule has 2 atom stereocenters. The van der Waals surface area contributed by atoms with Gasteiger partial charge in [0.25, 0.3) is 11.8 Å². The van der Waals surface area contributed by atoms with Crippen molar-refractivity contribution in [1.29, 1.82) is 0 Å². The number of esters is 1. The van der Waals surface area contributed by atoms with Crippen LogP contribution in [-0.4, -0.2) is 34.9 Å². The lowest BCUT2D eigenvalue weighted by atomic mass is 10.0. The summed E-state index contributed by atoms with van der Waals surface area (Å²) in [6.45, 7) is 4.91. The van der Waals surface area contributed by atoms with Crippen molar-refractivity contribution in [1.82, 2.24) is 10.3 Å². The highest BCUT2D eigenvalue weighted by molar-refractivity contribution is 6.32. The van der Waals surface area contributed by atoms with Crippen LogP contribution in [0.2, 0.25) is 5.15 Å². The van der Waals surface area contributed by atoms with E-state index in [1.54, 1.807) is 32.0 Å². The van der Waals surface area contributed by atoms with E-state index in [1.807, 2.05) is 0 Å². The molecule has 27 heavy (non-hydrogen) atoms. The number of rotatable bonds is 7. The van der Waals surface area contributed by atoms with Crippen molar-refractivity contribution < 1.29 is 23.5 Å². The van der Waals surface area contributed by atoms with Crippen LogP contribution in [0.1, 0.15) is 31.3 Å². The second kappa shape index (κ2) is 9.18. The summed E-state index contributed by atoms with van der Waals surface area (Å²) in [5.41, 5.74) is 0.304. The van der Waals surface area contributed by atoms with Gasteiger partial charge in [0.15, 0.2) is 17.0 Å². The van der Waals surface area contributed by atoms with Crippen molar-refractivity contribution in [2.45, 2.75) is 32.9 Å². The Balaban J connectivity index is 1.98. The Hall–Kier alpha value is -2.87. The average Bonchev–Trinajstić information content (AvgIpc) is 3.15. The molecule has 0 aliphatic heterocycles. The quantitative estimate of drug-likeness (QED) is 0.552. The van der Waals surface area contributed by atoms with E-state index in [0.29, 0.717) is 5.69 Å². The Bertz CT molecular complexity index is 807. The van der Waals surface area contributed by atoms with Crippen LogP contribution in [0.3, 0.4) is 0 Å². The fourth-order valence-electron chi connectivity index (χ4n) is 2.13. The maximum absolute atomic E-state index is 12.4. The molecule has 9 heteroatoms. The van der Waals surface area contributed by atoms with Crippen molar-refractivity contribution in [2.75, 3.05) is 5.32 Å². The molecule has 2 heterocycles. The number of pyridine rings is 1. The minimum Gasteiger partial charge on any atom is -0.459 e. The monoisotopic (exact) mass is 393 g/mol. The number of halogens is 1. The van der Waals surface area contributed by atoms with E-state index in [0.717, 1.165) is 0 Å². The number of furan rings is 1. The van der Waals surface area contributed by atoms with Crippen LogP contribution in [0.5, 0.6) is 0 Å². The lowest BCUT2D eigenvalue weighted by molar-refractivity contribution is -0.156. The fraction of sp³-hybridized carbons (Fsp3) is 0.333. The number of carbonyl (C=O) groups is 3. The van der Waals surface area contributed by atoms with Gasteiger partial charge in [-0.05, 0) is 37.1 Å². The Morgan fingerprint density at radius 3 is 2.52 bits per heavy atom. The molecule has 0 bridgehead atoms. The normalized spacial score (nSPS) is 12.9. The van der Waals surface area contributed by atoms with Crippen LogP contribution in [0.4, 0.5) is 5.69 Å². The molecule has 2 aromatic rings. The number of hydrogen-bond donors (Lipinski definition) is 2. The number of carbonyl (C=O) groups excluding carboxylic acids is 3. The van der Waals surface area contributed by atoms with Crippen molar-refractivity contribution in [3.8, 4) is 0 Å². The molecule has 0 spiro atoms. The minimum atomic E-state index is -1.10. The number of amides is 2. The van der Waals surface area contributed by atoms with Gasteiger partial charge in [0.2, 0.25) is 0 Å². The van der Waals surface area contributed by atoms with E-state index in [1.165, 1.54) is 25.5 Å². The van der Waals surface area contributed by atoms with E-state index in [4.69, 9.17) is 20.8 Å². The van der Waals surface area contributed by atoms with E-state index in [9.17, 15) is 14.4 Å². The highest BCUT2D eigenvalue weighted by atomic mass is 35.5. The predicted molar refractivity (Wildman–Crippen MR) is 98.2 cm³/mol. The van der Waals surface area contributed by atoms with Crippen LogP contribution in [-0.2, 0) is 14.3 Å². The predicted octanol–water partition coefficient (Wildman–Crippen LogP) is 2.65. The highest BCUT2D eigenvalue weighted by Gasteiger charge is 2.30. The molecule has 2 aromatic heterocycles. The summed E-state index contributed by atoms with van der Waals surface area (Å²) in [6.07, 6.45) is 1.74. The zero-order chi connectivity index (χ0) is 20.0. The summed E-state index contributed by atoms with van der Waals surface area (Å²) < 4.78 is 10.2. The van der Waals surface area contributed by atoms with Gasteiger partial charge in [0.05, 0.1) is 12.0 Å². The molecule has 0 aliphatic rings. The first-order valence-electron chi connectivity index (χ1n) is 8.25. The maximum Gasteiger partial charge on any atom is 0.329 e. The largest absolute Gasteiger partial charge is 0.459 e. The second-order valence-corrected chi connectivity index (χ2v) is 6.44. The van der Waals surface area contributed by atoms with E-state index in [-0.39, 0.29) is 16.8 Å².